The van der Waals surface area contributed by atoms with Gasteiger partial charge in [-0.25, -0.2) is 0 Å². The molecule has 1 unspecified atom stereocenters. The van der Waals surface area contributed by atoms with Crippen molar-refractivity contribution in [1.82, 2.24) is 4.90 Å². The Morgan fingerprint density at radius 3 is 2.50 bits per heavy atom. The van der Waals surface area contributed by atoms with Gasteiger partial charge >= 0.3 is 0 Å². The average molecular weight is 414 g/mol. The fourth-order valence-electron chi connectivity index (χ4n) is 4.85. The van der Waals surface area contributed by atoms with Gasteiger partial charge in [-0.3, -0.25) is 4.79 Å². The van der Waals surface area contributed by atoms with Crippen molar-refractivity contribution in [2.45, 2.75) is 49.7 Å². The van der Waals surface area contributed by atoms with Gasteiger partial charge in [-0.1, -0.05) is 60.8 Å². The molecule has 0 N–H and O–H groups in total. The lowest BCUT2D eigenvalue weighted by Gasteiger charge is -2.34. The van der Waals surface area contributed by atoms with Gasteiger partial charge in [-0.05, 0) is 55.0 Å². The van der Waals surface area contributed by atoms with Gasteiger partial charge in [0.15, 0.2) is 0 Å². The summed E-state index contributed by atoms with van der Waals surface area (Å²) in [6, 6.07) is 16.7. The van der Waals surface area contributed by atoms with Crippen LogP contribution in [0.1, 0.15) is 54.0 Å². The predicted molar refractivity (Wildman–Crippen MR) is 119 cm³/mol. The standard InChI is InChI=1S/C24H28ClNOS/c1-18-6-2-3-7-21(18)22-12-15-26(16-17-28-22)23(27)24(13-4-5-14-24)19-8-10-20(25)11-9-19/h2-3,6-11,22H,4-5,12-17H2,1H3. The molecule has 1 atom stereocenters. The van der Waals surface area contributed by atoms with E-state index in [2.05, 4.69) is 48.2 Å². The summed E-state index contributed by atoms with van der Waals surface area (Å²) in [6.45, 7) is 3.89. The molecule has 2 aromatic carbocycles. The Labute approximate surface area is 177 Å². The maximum atomic E-state index is 13.8. The van der Waals surface area contributed by atoms with Crippen LogP contribution in [0.15, 0.2) is 48.5 Å². The van der Waals surface area contributed by atoms with Gasteiger partial charge in [0, 0.05) is 29.1 Å². The third-order valence-electron chi connectivity index (χ3n) is 6.43. The first kappa shape index (κ1) is 19.8. The predicted octanol–water partition coefficient (Wildman–Crippen LogP) is 6.17. The van der Waals surface area contributed by atoms with Crippen molar-refractivity contribution >= 4 is 29.3 Å². The van der Waals surface area contributed by atoms with E-state index in [0.29, 0.717) is 11.2 Å². The molecule has 2 aromatic rings. The summed E-state index contributed by atoms with van der Waals surface area (Å²) < 4.78 is 0. The zero-order valence-corrected chi connectivity index (χ0v) is 18.1. The van der Waals surface area contributed by atoms with Gasteiger partial charge in [-0.2, -0.15) is 11.8 Å². The van der Waals surface area contributed by atoms with Crippen molar-refractivity contribution in [1.29, 1.82) is 0 Å². The molecular weight excluding hydrogens is 386 g/mol. The van der Waals surface area contributed by atoms with Crippen LogP contribution < -0.4 is 0 Å². The highest BCUT2D eigenvalue weighted by Gasteiger charge is 2.45. The molecule has 1 saturated carbocycles. The minimum Gasteiger partial charge on any atom is -0.341 e. The average Bonchev–Trinajstić information content (AvgIpc) is 3.08. The quantitative estimate of drug-likeness (QED) is 0.599. The topological polar surface area (TPSA) is 20.3 Å². The maximum absolute atomic E-state index is 13.8. The number of amides is 1. The maximum Gasteiger partial charge on any atom is 0.233 e. The number of nitrogens with zero attached hydrogens (tertiary/aromatic N) is 1. The summed E-state index contributed by atoms with van der Waals surface area (Å²) in [7, 11) is 0. The molecular formula is C24H28ClNOS. The van der Waals surface area contributed by atoms with Crippen molar-refractivity contribution in [3.8, 4) is 0 Å². The van der Waals surface area contributed by atoms with Crippen LogP contribution in [-0.2, 0) is 10.2 Å². The van der Waals surface area contributed by atoms with Crippen molar-refractivity contribution < 1.29 is 4.79 Å². The van der Waals surface area contributed by atoms with Crippen LogP contribution in [0.5, 0.6) is 0 Å². The number of hydrogen-bond donors (Lipinski definition) is 0. The van der Waals surface area contributed by atoms with Gasteiger partial charge in [0.1, 0.15) is 0 Å². The first-order chi connectivity index (χ1) is 13.6. The van der Waals surface area contributed by atoms with Crippen LogP contribution in [0.4, 0.5) is 0 Å². The first-order valence-corrected chi connectivity index (χ1v) is 11.8. The third-order valence-corrected chi connectivity index (χ3v) is 7.99. The molecule has 148 valence electrons. The van der Waals surface area contributed by atoms with E-state index < -0.39 is 0 Å². The van der Waals surface area contributed by atoms with Crippen LogP contribution in [0.3, 0.4) is 0 Å². The van der Waals surface area contributed by atoms with Gasteiger partial charge in [0.25, 0.3) is 0 Å². The molecule has 1 heterocycles. The molecule has 1 aliphatic carbocycles. The summed E-state index contributed by atoms with van der Waals surface area (Å²) in [5.74, 6) is 1.33. The van der Waals surface area contributed by atoms with E-state index in [-0.39, 0.29) is 5.41 Å². The molecule has 0 bridgehead atoms. The fraction of sp³-hybridized carbons (Fsp3) is 0.458. The summed E-state index contributed by atoms with van der Waals surface area (Å²) in [4.78, 5) is 15.9. The lowest BCUT2D eigenvalue weighted by molar-refractivity contribution is -0.137. The molecule has 4 rings (SSSR count). The van der Waals surface area contributed by atoms with Gasteiger partial charge < -0.3 is 4.90 Å². The number of carbonyl (C=O) groups excluding carboxylic acids is 1. The Hall–Kier alpha value is -1.45. The highest BCUT2D eigenvalue weighted by atomic mass is 35.5. The molecule has 1 aliphatic heterocycles. The molecule has 2 nitrogen and oxygen atoms in total. The van der Waals surface area contributed by atoms with Crippen molar-refractivity contribution in [2.75, 3.05) is 18.8 Å². The molecule has 1 amide bonds. The first-order valence-electron chi connectivity index (χ1n) is 10.3. The summed E-state index contributed by atoms with van der Waals surface area (Å²) >= 11 is 8.10. The Bertz CT molecular complexity index is 829. The second-order valence-electron chi connectivity index (χ2n) is 8.09. The molecule has 0 aromatic heterocycles. The minimum absolute atomic E-state index is 0.332. The SMILES string of the molecule is Cc1ccccc1C1CCN(C(=O)C2(c3ccc(Cl)cc3)CCCC2)CCS1. The van der Waals surface area contributed by atoms with E-state index in [4.69, 9.17) is 11.6 Å². The van der Waals surface area contributed by atoms with Crippen LogP contribution in [0.25, 0.3) is 0 Å². The van der Waals surface area contributed by atoms with Crippen molar-refractivity contribution in [3.05, 3.63) is 70.2 Å². The monoisotopic (exact) mass is 413 g/mol. The number of thioether (sulfide) groups is 1. The Kier molecular flexibility index (Phi) is 6.03. The summed E-state index contributed by atoms with van der Waals surface area (Å²) in [6.07, 6.45) is 5.19. The highest BCUT2D eigenvalue weighted by Crippen LogP contribution is 2.44. The Morgan fingerprint density at radius 2 is 1.79 bits per heavy atom. The number of aryl methyl sites for hydroxylation is 1. The van der Waals surface area contributed by atoms with E-state index in [1.807, 2.05) is 23.9 Å². The molecule has 2 aliphatic rings. The zero-order chi connectivity index (χ0) is 19.6. The molecule has 4 heteroatoms. The van der Waals surface area contributed by atoms with Crippen LogP contribution in [-0.4, -0.2) is 29.6 Å². The van der Waals surface area contributed by atoms with Crippen molar-refractivity contribution in [2.24, 2.45) is 0 Å². The molecule has 28 heavy (non-hydrogen) atoms. The zero-order valence-electron chi connectivity index (χ0n) is 16.5. The lowest BCUT2D eigenvalue weighted by atomic mass is 9.77. The smallest absolute Gasteiger partial charge is 0.233 e. The van der Waals surface area contributed by atoms with Crippen molar-refractivity contribution in [3.63, 3.8) is 0 Å². The second-order valence-corrected chi connectivity index (χ2v) is 9.84. The number of halogens is 1. The van der Waals surface area contributed by atoms with Crippen LogP contribution >= 0.6 is 23.4 Å². The Morgan fingerprint density at radius 1 is 1.07 bits per heavy atom. The van der Waals surface area contributed by atoms with E-state index in [0.717, 1.165) is 61.5 Å². The van der Waals surface area contributed by atoms with E-state index in [1.165, 1.54) is 11.1 Å². The minimum atomic E-state index is -0.349. The number of rotatable bonds is 3. The number of hydrogen-bond acceptors (Lipinski definition) is 2. The van der Waals surface area contributed by atoms with E-state index >= 15 is 0 Å². The number of carbonyl (C=O) groups is 1. The van der Waals surface area contributed by atoms with Crippen LogP contribution in [0, 0.1) is 6.92 Å². The van der Waals surface area contributed by atoms with Crippen LogP contribution in [0.2, 0.25) is 5.02 Å². The second kappa shape index (κ2) is 8.51. The molecule has 0 radical (unpaired) electrons. The van der Waals surface area contributed by atoms with Gasteiger partial charge in [0.05, 0.1) is 5.41 Å². The van der Waals surface area contributed by atoms with E-state index in [1.54, 1.807) is 0 Å². The number of benzene rings is 2. The van der Waals surface area contributed by atoms with E-state index in [9.17, 15) is 4.79 Å². The summed E-state index contributed by atoms with van der Waals surface area (Å²) in [5, 5.41) is 1.21. The lowest BCUT2D eigenvalue weighted by Crippen LogP contribution is -2.46. The highest BCUT2D eigenvalue weighted by molar-refractivity contribution is 7.99. The fourth-order valence-corrected chi connectivity index (χ4v) is 6.30. The van der Waals surface area contributed by atoms with Gasteiger partial charge in [0.2, 0.25) is 5.91 Å². The normalized spacial score (nSPS) is 22.1. The molecule has 1 saturated heterocycles. The largest absolute Gasteiger partial charge is 0.341 e. The Balaban J connectivity index is 1.54. The van der Waals surface area contributed by atoms with Gasteiger partial charge in [-0.15, -0.1) is 0 Å². The summed E-state index contributed by atoms with van der Waals surface area (Å²) in [5.41, 5.74) is 3.58. The molecule has 0 spiro atoms. The molecule has 2 fully saturated rings. The third kappa shape index (κ3) is 3.84.